The molecule has 1 amide bonds. The Morgan fingerprint density at radius 1 is 0.760 bits per heavy atom. The molecule has 0 bridgehead atoms. The van der Waals surface area contributed by atoms with Crippen molar-refractivity contribution >= 4 is 11.9 Å². The molecule has 0 aromatic heterocycles. The Morgan fingerprint density at radius 2 is 1.24 bits per heavy atom. The third-order valence-corrected chi connectivity index (χ3v) is 4.52. The van der Waals surface area contributed by atoms with Gasteiger partial charge in [-0.1, -0.05) is 72.1 Å². The molecule has 0 aliphatic heterocycles. The van der Waals surface area contributed by atoms with E-state index < -0.39 is 6.10 Å². The first-order valence-corrected chi connectivity index (χ1v) is 10.5. The quantitative estimate of drug-likeness (QED) is 0.272. The molecule has 0 heterocycles. The van der Waals surface area contributed by atoms with E-state index in [1.165, 1.54) is 32.1 Å². The number of carbonyl (C=O) groups is 2. The fraction of sp³-hybridized carbons (Fsp3) is 0.905. The van der Waals surface area contributed by atoms with E-state index in [4.69, 9.17) is 4.74 Å². The third-order valence-electron chi connectivity index (χ3n) is 4.52. The van der Waals surface area contributed by atoms with Crippen LogP contribution in [0.2, 0.25) is 0 Å². The molecular formula is C21H41NO3. The van der Waals surface area contributed by atoms with Crippen LogP contribution in [0.15, 0.2) is 0 Å². The fourth-order valence-electron chi connectivity index (χ4n) is 2.82. The Hall–Kier alpha value is -1.06. The average molecular weight is 356 g/mol. The van der Waals surface area contributed by atoms with Gasteiger partial charge in [-0.2, -0.15) is 0 Å². The maximum atomic E-state index is 12.5. The van der Waals surface area contributed by atoms with Crippen molar-refractivity contribution in [2.75, 3.05) is 13.1 Å². The summed E-state index contributed by atoms with van der Waals surface area (Å²) in [6.07, 6.45) is 12.1. The van der Waals surface area contributed by atoms with Crippen molar-refractivity contribution in [2.45, 2.75) is 111 Å². The van der Waals surface area contributed by atoms with Crippen LogP contribution >= 0.6 is 0 Å². The smallest absolute Gasteiger partial charge is 0.306 e. The van der Waals surface area contributed by atoms with Crippen LogP contribution in [0.3, 0.4) is 0 Å². The van der Waals surface area contributed by atoms with E-state index in [1.54, 1.807) is 6.92 Å². The van der Waals surface area contributed by atoms with E-state index in [9.17, 15) is 9.59 Å². The molecule has 4 heteroatoms. The number of amides is 1. The van der Waals surface area contributed by atoms with Gasteiger partial charge in [-0.3, -0.25) is 9.59 Å². The lowest BCUT2D eigenvalue weighted by Crippen LogP contribution is -2.41. The molecule has 0 aromatic rings. The standard InChI is InChI=1S/C21H41NO3/c1-5-8-11-12-13-14-15-16-20(23)25-19(4)21(24)22(17-9-6-2)18-10-7-3/h19H,5-18H2,1-4H3/t19-/m0/s1. The lowest BCUT2D eigenvalue weighted by atomic mass is 10.1. The van der Waals surface area contributed by atoms with Gasteiger partial charge in [0, 0.05) is 19.5 Å². The Labute approximate surface area is 155 Å². The van der Waals surface area contributed by atoms with Crippen molar-refractivity contribution < 1.29 is 14.3 Å². The third kappa shape index (κ3) is 12.9. The van der Waals surface area contributed by atoms with Gasteiger partial charge in [0.15, 0.2) is 6.10 Å². The van der Waals surface area contributed by atoms with E-state index in [-0.39, 0.29) is 11.9 Å². The van der Waals surface area contributed by atoms with Crippen LogP contribution < -0.4 is 0 Å². The lowest BCUT2D eigenvalue weighted by molar-refractivity contribution is -0.159. The van der Waals surface area contributed by atoms with Crippen molar-refractivity contribution in [3.05, 3.63) is 0 Å². The van der Waals surface area contributed by atoms with Crippen LogP contribution in [-0.2, 0) is 14.3 Å². The number of rotatable bonds is 16. The highest BCUT2D eigenvalue weighted by Gasteiger charge is 2.23. The first kappa shape index (κ1) is 23.9. The van der Waals surface area contributed by atoms with Crippen molar-refractivity contribution in [2.24, 2.45) is 0 Å². The SMILES string of the molecule is CCCCCCCCCC(=O)O[C@@H](C)C(=O)N(CCCC)CCCC. The summed E-state index contributed by atoms with van der Waals surface area (Å²) >= 11 is 0. The van der Waals surface area contributed by atoms with Gasteiger partial charge in [0.25, 0.3) is 5.91 Å². The predicted octanol–water partition coefficient (Wildman–Crippen LogP) is 5.49. The average Bonchev–Trinajstić information content (AvgIpc) is 2.60. The Kier molecular flexibility index (Phi) is 15.7. The molecule has 0 saturated heterocycles. The summed E-state index contributed by atoms with van der Waals surface area (Å²) in [5.74, 6) is -0.282. The first-order valence-electron chi connectivity index (χ1n) is 10.5. The first-order chi connectivity index (χ1) is 12.1. The molecule has 0 fully saturated rings. The molecule has 0 aliphatic carbocycles. The molecule has 0 rings (SSSR count). The van der Waals surface area contributed by atoms with Gasteiger partial charge in [-0.15, -0.1) is 0 Å². The summed E-state index contributed by atoms with van der Waals surface area (Å²) in [4.78, 5) is 26.3. The topological polar surface area (TPSA) is 46.6 Å². The van der Waals surface area contributed by atoms with Gasteiger partial charge >= 0.3 is 5.97 Å². The summed E-state index contributed by atoms with van der Waals surface area (Å²) in [6, 6.07) is 0. The zero-order valence-corrected chi connectivity index (χ0v) is 17.1. The highest BCUT2D eigenvalue weighted by molar-refractivity contribution is 5.83. The lowest BCUT2D eigenvalue weighted by Gasteiger charge is -2.25. The van der Waals surface area contributed by atoms with Gasteiger partial charge in [-0.25, -0.2) is 0 Å². The predicted molar refractivity (Wildman–Crippen MR) is 105 cm³/mol. The number of carbonyl (C=O) groups excluding carboxylic acids is 2. The normalized spacial score (nSPS) is 12.0. The largest absolute Gasteiger partial charge is 0.453 e. The molecular weight excluding hydrogens is 314 g/mol. The van der Waals surface area contributed by atoms with Crippen molar-refractivity contribution in [1.82, 2.24) is 4.90 Å². The zero-order valence-electron chi connectivity index (χ0n) is 17.1. The number of ether oxygens (including phenoxy) is 1. The van der Waals surface area contributed by atoms with Crippen LogP contribution in [-0.4, -0.2) is 36.0 Å². The van der Waals surface area contributed by atoms with Gasteiger partial charge < -0.3 is 9.64 Å². The summed E-state index contributed by atoms with van der Waals surface area (Å²) in [6.45, 7) is 9.67. The van der Waals surface area contributed by atoms with E-state index in [0.29, 0.717) is 6.42 Å². The molecule has 0 spiro atoms. The molecule has 0 unspecified atom stereocenters. The minimum Gasteiger partial charge on any atom is -0.453 e. The zero-order chi connectivity index (χ0) is 18.9. The molecule has 0 aromatic carbocycles. The van der Waals surface area contributed by atoms with Gasteiger partial charge in [0.2, 0.25) is 0 Å². The summed E-state index contributed by atoms with van der Waals surface area (Å²) in [5.41, 5.74) is 0. The van der Waals surface area contributed by atoms with Crippen LogP contribution in [0, 0.1) is 0 Å². The molecule has 25 heavy (non-hydrogen) atoms. The minimum absolute atomic E-state index is 0.0465. The number of esters is 1. The molecule has 0 aliphatic rings. The molecule has 1 atom stereocenters. The van der Waals surface area contributed by atoms with E-state index >= 15 is 0 Å². The second-order valence-corrected chi connectivity index (χ2v) is 7.04. The Balaban J connectivity index is 4.06. The van der Waals surface area contributed by atoms with Crippen molar-refractivity contribution in [1.29, 1.82) is 0 Å². The van der Waals surface area contributed by atoms with Crippen molar-refractivity contribution in [3.8, 4) is 0 Å². The van der Waals surface area contributed by atoms with Crippen molar-refractivity contribution in [3.63, 3.8) is 0 Å². The number of hydrogen-bond donors (Lipinski definition) is 0. The van der Waals surface area contributed by atoms with E-state index in [1.807, 2.05) is 4.90 Å². The molecule has 0 N–H and O–H groups in total. The summed E-state index contributed by atoms with van der Waals surface area (Å²) in [5, 5.41) is 0. The Morgan fingerprint density at radius 3 is 1.76 bits per heavy atom. The molecule has 148 valence electrons. The van der Waals surface area contributed by atoms with Crippen LogP contribution in [0.4, 0.5) is 0 Å². The molecule has 4 nitrogen and oxygen atoms in total. The van der Waals surface area contributed by atoms with Crippen LogP contribution in [0.5, 0.6) is 0 Å². The second kappa shape index (κ2) is 16.4. The molecule has 0 saturated carbocycles. The van der Waals surface area contributed by atoms with Gasteiger partial charge in [0.1, 0.15) is 0 Å². The van der Waals surface area contributed by atoms with Gasteiger partial charge in [-0.05, 0) is 26.2 Å². The van der Waals surface area contributed by atoms with E-state index in [2.05, 4.69) is 20.8 Å². The van der Waals surface area contributed by atoms with Gasteiger partial charge in [0.05, 0.1) is 0 Å². The second-order valence-electron chi connectivity index (χ2n) is 7.04. The Bertz CT molecular complexity index is 336. The number of hydrogen-bond acceptors (Lipinski definition) is 3. The summed E-state index contributed by atoms with van der Waals surface area (Å²) < 4.78 is 5.37. The highest BCUT2D eigenvalue weighted by Crippen LogP contribution is 2.10. The van der Waals surface area contributed by atoms with E-state index in [0.717, 1.165) is 51.6 Å². The monoisotopic (exact) mass is 355 g/mol. The maximum absolute atomic E-state index is 12.5. The number of unbranched alkanes of at least 4 members (excludes halogenated alkanes) is 8. The highest BCUT2D eigenvalue weighted by atomic mass is 16.5. The maximum Gasteiger partial charge on any atom is 0.306 e. The minimum atomic E-state index is -0.661. The summed E-state index contributed by atoms with van der Waals surface area (Å²) in [7, 11) is 0. The fourth-order valence-corrected chi connectivity index (χ4v) is 2.82. The van der Waals surface area contributed by atoms with Crippen LogP contribution in [0.25, 0.3) is 0 Å². The van der Waals surface area contributed by atoms with Crippen LogP contribution in [0.1, 0.15) is 105 Å². The number of nitrogens with zero attached hydrogens (tertiary/aromatic N) is 1. The molecule has 0 radical (unpaired) electrons.